The quantitative estimate of drug-likeness (QED) is 0.916. The van der Waals surface area contributed by atoms with Crippen molar-refractivity contribution in [1.82, 2.24) is 25.3 Å². The fraction of sp³-hybridized carbons (Fsp3) is 0.643. The van der Waals surface area contributed by atoms with Crippen LogP contribution >= 0.6 is 11.3 Å². The summed E-state index contributed by atoms with van der Waals surface area (Å²) in [7, 11) is 2.09. The van der Waals surface area contributed by atoms with Crippen molar-refractivity contribution >= 4 is 11.3 Å². The lowest BCUT2D eigenvalue weighted by Crippen LogP contribution is -2.44. The molecular weight excluding hydrogens is 286 g/mol. The normalized spacial score (nSPS) is 20.9. The third-order valence-electron chi connectivity index (χ3n) is 3.72. The second kappa shape index (κ2) is 5.47. The van der Waals surface area contributed by atoms with Gasteiger partial charge >= 0.3 is 0 Å². The van der Waals surface area contributed by atoms with Gasteiger partial charge < -0.3 is 9.84 Å². The Morgan fingerprint density at radius 3 is 2.95 bits per heavy atom. The molecule has 6 nitrogen and oxygen atoms in total. The van der Waals surface area contributed by atoms with E-state index in [1.54, 1.807) is 11.3 Å². The van der Waals surface area contributed by atoms with Gasteiger partial charge in [0.2, 0.25) is 0 Å². The van der Waals surface area contributed by atoms with Crippen molar-refractivity contribution < 1.29 is 4.52 Å². The number of piperazine rings is 1. The Labute approximate surface area is 128 Å². The molecule has 3 heterocycles. The highest BCUT2D eigenvalue weighted by atomic mass is 32.1. The standard InChI is InChI=1S/C14H21N5OS/c1-14(2,3)11-10(21-8-16-11)13-17-12(18-20-13)9-7-15-5-6-19(9)4/h8-9,15H,5-7H2,1-4H3. The minimum Gasteiger partial charge on any atom is -0.333 e. The van der Waals surface area contributed by atoms with Gasteiger partial charge in [-0.25, -0.2) is 4.98 Å². The molecule has 21 heavy (non-hydrogen) atoms. The first-order valence-corrected chi connectivity index (χ1v) is 8.03. The molecule has 0 amide bonds. The Morgan fingerprint density at radius 2 is 2.24 bits per heavy atom. The average molecular weight is 307 g/mol. The summed E-state index contributed by atoms with van der Waals surface area (Å²) in [5.74, 6) is 1.32. The van der Waals surface area contributed by atoms with Crippen molar-refractivity contribution in [3.05, 3.63) is 17.0 Å². The van der Waals surface area contributed by atoms with Crippen LogP contribution in [0.1, 0.15) is 38.3 Å². The number of hydrogen-bond acceptors (Lipinski definition) is 7. The molecule has 7 heteroatoms. The van der Waals surface area contributed by atoms with E-state index in [1.807, 2.05) is 5.51 Å². The zero-order valence-corrected chi connectivity index (χ0v) is 13.7. The second-order valence-electron chi connectivity index (χ2n) is 6.44. The van der Waals surface area contributed by atoms with Crippen LogP contribution in [0, 0.1) is 0 Å². The Bertz CT molecular complexity index is 615. The fourth-order valence-electron chi connectivity index (χ4n) is 2.49. The van der Waals surface area contributed by atoms with Crippen LogP contribution in [0.4, 0.5) is 0 Å². The lowest BCUT2D eigenvalue weighted by Gasteiger charge is -2.30. The van der Waals surface area contributed by atoms with Gasteiger partial charge in [-0.3, -0.25) is 4.90 Å². The second-order valence-corrected chi connectivity index (χ2v) is 7.29. The molecule has 1 atom stereocenters. The largest absolute Gasteiger partial charge is 0.333 e. The zero-order valence-electron chi connectivity index (χ0n) is 12.9. The number of likely N-dealkylation sites (N-methyl/N-ethyl adjacent to an activating group) is 1. The molecule has 0 radical (unpaired) electrons. The first-order chi connectivity index (χ1) is 9.97. The Kier molecular flexibility index (Phi) is 3.81. The molecule has 2 aromatic heterocycles. The van der Waals surface area contributed by atoms with Gasteiger partial charge in [0, 0.05) is 25.0 Å². The number of thiazole rings is 1. The molecule has 1 N–H and O–H groups in total. The van der Waals surface area contributed by atoms with Crippen molar-refractivity contribution in [2.24, 2.45) is 0 Å². The molecule has 0 aliphatic carbocycles. The summed E-state index contributed by atoms with van der Waals surface area (Å²) in [6.45, 7) is 9.26. The van der Waals surface area contributed by atoms with Crippen LogP contribution in [0.3, 0.4) is 0 Å². The van der Waals surface area contributed by atoms with Gasteiger partial charge in [-0.1, -0.05) is 25.9 Å². The Morgan fingerprint density at radius 1 is 1.43 bits per heavy atom. The van der Waals surface area contributed by atoms with Crippen LogP contribution in [-0.2, 0) is 5.41 Å². The van der Waals surface area contributed by atoms with Crippen LogP contribution in [0.5, 0.6) is 0 Å². The maximum absolute atomic E-state index is 5.50. The van der Waals surface area contributed by atoms with Gasteiger partial charge in [0.05, 0.1) is 17.2 Å². The van der Waals surface area contributed by atoms with Gasteiger partial charge in [0.25, 0.3) is 5.89 Å². The summed E-state index contributed by atoms with van der Waals surface area (Å²) in [5.41, 5.74) is 2.82. The average Bonchev–Trinajstić information content (AvgIpc) is 3.07. The maximum atomic E-state index is 5.50. The highest BCUT2D eigenvalue weighted by molar-refractivity contribution is 7.13. The summed E-state index contributed by atoms with van der Waals surface area (Å²) in [6.07, 6.45) is 0. The van der Waals surface area contributed by atoms with E-state index in [4.69, 9.17) is 4.52 Å². The van der Waals surface area contributed by atoms with E-state index in [0.29, 0.717) is 5.89 Å². The molecule has 1 aliphatic heterocycles. The highest BCUT2D eigenvalue weighted by Gasteiger charge is 2.28. The number of hydrogen-bond donors (Lipinski definition) is 1. The third kappa shape index (κ3) is 2.86. The fourth-order valence-corrected chi connectivity index (χ4v) is 3.41. The predicted octanol–water partition coefficient (Wildman–Crippen LogP) is 2.07. The Hall–Kier alpha value is -1.31. The molecule has 1 fully saturated rings. The molecule has 1 unspecified atom stereocenters. The molecule has 0 saturated carbocycles. The molecule has 1 saturated heterocycles. The van der Waals surface area contributed by atoms with Crippen LogP contribution in [0.25, 0.3) is 10.8 Å². The van der Waals surface area contributed by atoms with E-state index in [-0.39, 0.29) is 11.5 Å². The van der Waals surface area contributed by atoms with Crippen molar-refractivity contribution in [1.29, 1.82) is 0 Å². The van der Waals surface area contributed by atoms with Crippen molar-refractivity contribution in [3.63, 3.8) is 0 Å². The predicted molar refractivity (Wildman–Crippen MR) is 82.3 cm³/mol. The van der Waals surface area contributed by atoms with Gasteiger partial charge in [-0.15, -0.1) is 11.3 Å². The summed E-state index contributed by atoms with van der Waals surface area (Å²) in [5, 5.41) is 7.55. The summed E-state index contributed by atoms with van der Waals surface area (Å²) >= 11 is 1.55. The molecule has 0 bridgehead atoms. The zero-order chi connectivity index (χ0) is 15.0. The number of nitrogens with zero attached hydrogens (tertiary/aromatic N) is 4. The summed E-state index contributed by atoms with van der Waals surface area (Å²) in [6, 6.07) is 0.169. The van der Waals surface area contributed by atoms with Crippen LogP contribution < -0.4 is 5.32 Å². The number of nitrogens with one attached hydrogen (secondary N) is 1. The van der Waals surface area contributed by atoms with Crippen LogP contribution in [-0.4, -0.2) is 46.7 Å². The molecule has 3 rings (SSSR count). The lowest BCUT2D eigenvalue weighted by atomic mass is 9.91. The molecule has 114 valence electrons. The van der Waals surface area contributed by atoms with Crippen LogP contribution in [0.2, 0.25) is 0 Å². The lowest BCUT2D eigenvalue weighted by molar-refractivity contribution is 0.190. The van der Waals surface area contributed by atoms with E-state index in [0.717, 1.165) is 36.0 Å². The van der Waals surface area contributed by atoms with Crippen molar-refractivity contribution in [2.75, 3.05) is 26.7 Å². The van der Waals surface area contributed by atoms with Gasteiger partial charge in [0.15, 0.2) is 5.82 Å². The van der Waals surface area contributed by atoms with Crippen molar-refractivity contribution in [2.45, 2.75) is 32.2 Å². The van der Waals surface area contributed by atoms with Crippen molar-refractivity contribution in [3.8, 4) is 10.8 Å². The van der Waals surface area contributed by atoms with E-state index in [1.165, 1.54) is 0 Å². The third-order valence-corrected chi connectivity index (χ3v) is 4.54. The minimum atomic E-state index is -0.0346. The van der Waals surface area contributed by atoms with Gasteiger partial charge in [-0.2, -0.15) is 4.98 Å². The molecule has 0 aromatic carbocycles. The van der Waals surface area contributed by atoms with Gasteiger partial charge in [0.1, 0.15) is 4.88 Å². The maximum Gasteiger partial charge on any atom is 0.270 e. The molecule has 2 aromatic rings. The Balaban J connectivity index is 1.90. The highest BCUT2D eigenvalue weighted by Crippen LogP contribution is 2.34. The molecule has 0 spiro atoms. The van der Waals surface area contributed by atoms with Gasteiger partial charge in [-0.05, 0) is 7.05 Å². The monoisotopic (exact) mass is 307 g/mol. The van der Waals surface area contributed by atoms with E-state index in [9.17, 15) is 0 Å². The smallest absolute Gasteiger partial charge is 0.270 e. The SMILES string of the molecule is CN1CCNCC1c1noc(-c2scnc2C(C)(C)C)n1. The summed E-state index contributed by atoms with van der Waals surface area (Å²) < 4.78 is 5.50. The number of aromatic nitrogens is 3. The minimum absolute atomic E-state index is 0.0346. The first kappa shape index (κ1) is 14.6. The topological polar surface area (TPSA) is 67.1 Å². The van der Waals surface area contributed by atoms with Crippen LogP contribution in [0.15, 0.2) is 10.0 Å². The summed E-state index contributed by atoms with van der Waals surface area (Å²) in [4.78, 5) is 12.3. The van der Waals surface area contributed by atoms with E-state index in [2.05, 4.69) is 53.2 Å². The van der Waals surface area contributed by atoms with E-state index < -0.39 is 0 Å². The molecular formula is C14H21N5OS. The number of rotatable bonds is 2. The van der Waals surface area contributed by atoms with E-state index >= 15 is 0 Å². The molecule has 1 aliphatic rings. The first-order valence-electron chi connectivity index (χ1n) is 7.15.